The number of rotatable bonds is 2. The summed E-state index contributed by atoms with van der Waals surface area (Å²) in [7, 11) is 0. The van der Waals surface area contributed by atoms with Crippen molar-refractivity contribution >= 4 is 73.8 Å². The summed E-state index contributed by atoms with van der Waals surface area (Å²) in [6.45, 7) is 1.92. The highest BCUT2D eigenvalue weighted by atomic mass is 79.9. The van der Waals surface area contributed by atoms with Crippen molar-refractivity contribution in [1.82, 2.24) is 4.98 Å². The summed E-state index contributed by atoms with van der Waals surface area (Å²) >= 11 is 27.3. The molecule has 19 heavy (non-hydrogen) atoms. The standard InChI is InChI=1S/C12H7BrCl4N2/c1-5-2-6(13)10(4-7(5)14)18-12-9(16)3-8(15)11(17)19-12/h2-4H,1H3,(H,18,19). The molecule has 2 rings (SSSR count). The lowest BCUT2D eigenvalue weighted by Crippen LogP contribution is -1.97. The van der Waals surface area contributed by atoms with Crippen LogP contribution in [0.1, 0.15) is 5.56 Å². The minimum absolute atomic E-state index is 0.183. The molecule has 0 saturated carbocycles. The van der Waals surface area contributed by atoms with E-state index in [4.69, 9.17) is 46.4 Å². The summed E-state index contributed by atoms with van der Waals surface area (Å²) < 4.78 is 0.846. The van der Waals surface area contributed by atoms with Gasteiger partial charge in [0.2, 0.25) is 0 Å². The maximum atomic E-state index is 6.09. The van der Waals surface area contributed by atoms with E-state index in [1.807, 2.05) is 13.0 Å². The average molecular weight is 401 g/mol. The van der Waals surface area contributed by atoms with Crippen LogP contribution in [0.25, 0.3) is 0 Å². The fraction of sp³-hybridized carbons (Fsp3) is 0.0833. The van der Waals surface area contributed by atoms with E-state index in [2.05, 4.69) is 26.2 Å². The first-order valence-corrected chi connectivity index (χ1v) is 7.43. The Morgan fingerprint density at radius 3 is 2.37 bits per heavy atom. The molecule has 1 heterocycles. The van der Waals surface area contributed by atoms with Gasteiger partial charge in [0.1, 0.15) is 5.15 Å². The number of halogens is 5. The highest BCUT2D eigenvalue weighted by Gasteiger charge is 2.11. The zero-order valence-electron chi connectivity index (χ0n) is 9.57. The fourth-order valence-electron chi connectivity index (χ4n) is 1.40. The first-order valence-electron chi connectivity index (χ1n) is 5.12. The van der Waals surface area contributed by atoms with Crippen LogP contribution in [0.15, 0.2) is 22.7 Å². The molecular formula is C12H7BrCl4N2. The summed E-state index contributed by atoms with van der Waals surface area (Å²) in [5.74, 6) is 0.414. The molecular weight excluding hydrogens is 394 g/mol. The van der Waals surface area contributed by atoms with Gasteiger partial charge in [-0.2, -0.15) is 0 Å². The van der Waals surface area contributed by atoms with Gasteiger partial charge in [0.15, 0.2) is 5.82 Å². The number of aryl methyl sites for hydroxylation is 1. The van der Waals surface area contributed by atoms with Crippen molar-refractivity contribution in [1.29, 1.82) is 0 Å². The molecule has 2 nitrogen and oxygen atoms in total. The third kappa shape index (κ3) is 3.47. The second-order valence-electron chi connectivity index (χ2n) is 3.80. The van der Waals surface area contributed by atoms with Gasteiger partial charge in [-0.1, -0.05) is 46.4 Å². The van der Waals surface area contributed by atoms with E-state index < -0.39 is 0 Å². The monoisotopic (exact) mass is 398 g/mol. The Labute approximate surface area is 139 Å². The molecule has 0 spiro atoms. The lowest BCUT2D eigenvalue weighted by atomic mass is 10.2. The molecule has 7 heteroatoms. The van der Waals surface area contributed by atoms with Crippen LogP contribution in [0.3, 0.4) is 0 Å². The number of benzene rings is 1. The van der Waals surface area contributed by atoms with Crippen molar-refractivity contribution in [3.63, 3.8) is 0 Å². The first-order chi connectivity index (χ1) is 8.88. The van der Waals surface area contributed by atoms with E-state index in [0.717, 1.165) is 15.7 Å². The molecule has 1 aromatic carbocycles. The molecule has 2 aromatic rings. The summed E-state index contributed by atoms with van der Waals surface area (Å²) in [4.78, 5) is 4.09. The maximum Gasteiger partial charge on any atom is 0.151 e. The van der Waals surface area contributed by atoms with Gasteiger partial charge in [-0.25, -0.2) is 4.98 Å². The van der Waals surface area contributed by atoms with E-state index in [-0.39, 0.29) is 5.15 Å². The van der Waals surface area contributed by atoms with Gasteiger partial charge in [0.25, 0.3) is 0 Å². The molecule has 100 valence electrons. The van der Waals surface area contributed by atoms with E-state index in [0.29, 0.717) is 20.9 Å². The van der Waals surface area contributed by atoms with Gasteiger partial charge >= 0.3 is 0 Å². The Kier molecular flexibility index (Phi) is 4.85. The molecule has 0 fully saturated rings. The molecule has 0 radical (unpaired) electrons. The van der Waals surface area contributed by atoms with Crippen molar-refractivity contribution in [2.75, 3.05) is 5.32 Å². The van der Waals surface area contributed by atoms with Crippen LogP contribution < -0.4 is 5.32 Å². The van der Waals surface area contributed by atoms with Crippen molar-refractivity contribution in [2.24, 2.45) is 0 Å². The minimum atomic E-state index is 0.183. The van der Waals surface area contributed by atoms with E-state index >= 15 is 0 Å². The molecule has 0 amide bonds. The second-order valence-corrected chi connectivity index (χ2v) is 6.23. The Morgan fingerprint density at radius 1 is 1.00 bits per heavy atom. The quantitative estimate of drug-likeness (QED) is 0.581. The topological polar surface area (TPSA) is 24.9 Å². The lowest BCUT2D eigenvalue weighted by Gasteiger charge is -2.12. The predicted molar refractivity (Wildman–Crippen MR) is 86.4 cm³/mol. The second kappa shape index (κ2) is 6.06. The Morgan fingerprint density at radius 2 is 1.68 bits per heavy atom. The van der Waals surface area contributed by atoms with Gasteiger partial charge in [0, 0.05) is 9.50 Å². The van der Waals surface area contributed by atoms with Crippen molar-refractivity contribution < 1.29 is 0 Å². The number of hydrogen-bond donors (Lipinski definition) is 1. The van der Waals surface area contributed by atoms with Gasteiger partial charge in [0.05, 0.1) is 15.7 Å². The highest BCUT2D eigenvalue weighted by Crippen LogP contribution is 2.35. The lowest BCUT2D eigenvalue weighted by molar-refractivity contribution is 1.30. The summed E-state index contributed by atoms with van der Waals surface area (Å²) in [6, 6.07) is 5.21. The summed E-state index contributed by atoms with van der Waals surface area (Å²) in [6.07, 6.45) is 0. The smallest absolute Gasteiger partial charge is 0.151 e. The Bertz CT molecular complexity index is 591. The van der Waals surface area contributed by atoms with Crippen LogP contribution in [0.5, 0.6) is 0 Å². The average Bonchev–Trinajstić information content (AvgIpc) is 2.32. The molecule has 1 N–H and O–H groups in total. The molecule has 0 aliphatic heterocycles. The molecule has 0 atom stereocenters. The summed E-state index contributed by atoms with van der Waals surface area (Å²) in [5.41, 5.74) is 1.70. The van der Waals surface area contributed by atoms with Gasteiger partial charge in [-0.15, -0.1) is 0 Å². The number of nitrogens with zero attached hydrogens (tertiary/aromatic N) is 1. The predicted octanol–water partition coefficient (Wildman–Crippen LogP) is 6.51. The third-order valence-electron chi connectivity index (χ3n) is 2.39. The fourth-order valence-corrected chi connectivity index (χ4v) is 2.67. The molecule has 0 aliphatic carbocycles. The van der Waals surface area contributed by atoms with Crippen LogP contribution >= 0.6 is 62.3 Å². The summed E-state index contributed by atoms with van der Waals surface area (Å²) in [5, 5.41) is 4.56. The Hall–Kier alpha value is -0.190. The minimum Gasteiger partial charge on any atom is -0.338 e. The van der Waals surface area contributed by atoms with E-state index in [1.54, 1.807) is 6.07 Å². The van der Waals surface area contributed by atoms with Crippen molar-refractivity contribution in [2.45, 2.75) is 6.92 Å². The third-order valence-corrected chi connectivity index (χ3v) is 4.41. The van der Waals surface area contributed by atoms with Gasteiger partial charge in [-0.05, 0) is 46.6 Å². The SMILES string of the molecule is Cc1cc(Br)c(Nc2nc(Cl)c(Cl)cc2Cl)cc1Cl. The van der Waals surface area contributed by atoms with Crippen LogP contribution in [0, 0.1) is 6.92 Å². The van der Waals surface area contributed by atoms with Crippen LogP contribution in [-0.2, 0) is 0 Å². The highest BCUT2D eigenvalue weighted by molar-refractivity contribution is 9.10. The van der Waals surface area contributed by atoms with Crippen molar-refractivity contribution in [3.05, 3.63) is 48.5 Å². The van der Waals surface area contributed by atoms with E-state index in [9.17, 15) is 0 Å². The number of anilines is 2. The Balaban J connectivity index is 2.42. The number of aromatic nitrogens is 1. The largest absolute Gasteiger partial charge is 0.338 e. The van der Waals surface area contributed by atoms with Gasteiger partial charge in [-0.3, -0.25) is 0 Å². The molecule has 1 aromatic heterocycles. The molecule has 0 bridgehead atoms. The zero-order valence-corrected chi connectivity index (χ0v) is 14.2. The number of nitrogens with one attached hydrogen (secondary N) is 1. The number of hydrogen-bond acceptors (Lipinski definition) is 2. The maximum absolute atomic E-state index is 6.09. The first kappa shape index (κ1) is 15.2. The van der Waals surface area contributed by atoms with Crippen LogP contribution in [0.2, 0.25) is 20.2 Å². The van der Waals surface area contributed by atoms with Crippen LogP contribution in [0.4, 0.5) is 11.5 Å². The molecule has 0 unspecified atom stereocenters. The van der Waals surface area contributed by atoms with E-state index in [1.165, 1.54) is 6.07 Å². The molecule has 0 aliphatic rings. The normalized spacial score (nSPS) is 10.6. The molecule has 0 saturated heterocycles. The van der Waals surface area contributed by atoms with Crippen LogP contribution in [-0.4, -0.2) is 4.98 Å². The van der Waals surface area contributed by atoms with Gasteiger partial charge < -0.3 is 5.32 Å². The van der Waals surface area contributed by atoms with Crippen molar-refractivity contribution in [3.8, 4) is 0 Å². The zero-order chi connectivity index (χ0) is 14.2. The number of pyridine rings is 1.